The third kappa shape index (κ3) is 3.23. The highest BCUT2D eigenvalue weighted by Crippen LogP contribution is 2.35. The van der Waals surface area contributed by atoms with Crippen molar-refractivity contribution in [3.63, 3.8) is 0 Å². The zero-order valence-electron chi connectivity index (χ0n) is 12.0. The number of likely N-dealkylation sites (N-methyl/N-ethyl adjacent to an activating group) is 1. The summed E-state index contributed by atoms with van der Waals surface area (Å²) < 4.78 is 0. The zero-order valence-corrected chi connectivity index (χ0v) is 12.0. The van der Waals surface area contributed by atoms with Crippen molar-refractivity contribution < 1.29 is 0 Å². The molecular formula is C15H30N2. The van der Waals surface area contributed by atoms with Crippen molar-refractivity contribution in [2.24, 2.45) is 5.92 Å². The molecule has 0 aromatic rings. The van der Waals surface area contributed by atoms with E-state index in [9.17, 15) is 0 Å². The second-order valence-electron chi connectivity index (χ2n) is 6.66. The zero-order chi connectivity index (χ0) is 12.3. The van der Waals surface area contributed by atoms with Crippen molar-refractivity contribution in [3.8, 4) is 0 Å². The smallest absolute Gasteiger partial charge is 0.0328 e. The first-order valence-electron chi connectivity index (χ1n) is 7.53. The Morgan fingerprint density at radius 2 is 1.82 bits per heavy atom. The molecule has 2 unspecified atom stereocenters. The molecule has 2 saturated carbocycles. The fourth-order valence-corrected chi connectivity index (χ4v) is 3.39. The summed E-state index contributed by atoms with van der Waals surface area (Å²) in [6.07, 6.45) is 11.3. The average molecular weight is 238 g/mol. The molecule has 0 aromatic heterocycles. The lowest BCUT2D eigenvalue weighted by molar-refractivity contribution is 0.0565. The van der Waals surface area contributed by atoms with Gasteiger partial charge in [-0.15, -0.1) is 0 Å². The first-order chi connectivity index (χ1) is 8.12. The molecule has 2 rings (SSSR count). The number of nitrogens with one attached hydrogen (secondary N) is 1. The molecule has 0 bridgehead atoms. The van der Waals surface area contributed by atoms with Crippen molar-refractivity contribution in [2.45, 2.75) is 69.9 Å². The van der Waals surface area contributed by atoms with Gasteiger partial charge in [-0.05, 0) is 58.5 Å². The Balaban J connectivity index is 1.77. The van der Waals surface area contributed by atoms with E-state index in [0.29, 0.717) is 5.54 Å². The summed E-state index contributed by atoms with van der Waals surface area (Å²) in [4.78, 5) is 2.45. The standard InChI is InChI=1S/C15H30N2/c1-13-6-4-7-14(9-8-13)16-12-15(17(2)3)10-5-11-15/h13-14,16H,4-12H2,1-3H3. The SMILES string of the molecule is CC1CCCC(NCC2(N(C)C)CCC2)CC1. The number of hydrogen-bond donors (Lipinski definition) is 1. The summed E-state index contributed by atoms with van der Waals surface area (Å²) in [7, 11) is 4.49. The van der Waals surface area contributed by atoms with Crippen LogP contribution in [0.1, 0.15) is 58.3 Å². The van der Waals surface area contributed by atoms with E-state index in [4.69, 9.17) is 0 Å². The number of rotatable bonds is 4. The van der Waals surface area contributed by atoms with Crippen LogP contribution in [0, 0.1) is 5.92 Å². The Hall–Kier alpha value is -0.0800. The number of nitrogens with zero attached hydrogens (tertiary/aromatic N) is 1. The van der Waals surface area contributed by atoms with Gasteiger partial charge in [-0.3, -0.25) is 0 Å². The summed E-state index contributed by atoms with van der Waals surface area (Å²) in [5, 5.41) is 3.86. The third-order valence-electron chi connectivity index (χ3n) is 5.21. The maximum atomic E-state index is 3.86. The van der Waals surface area contributed by atoms with Crippen LogP contribution in [-0.4, -0.2) is 37.1 Å². The van der Waals surface area contributed by atoms with Gasteiger partial charge in [0.05, 0.1) is 0 Å². The molecule has 0 saturated heterocycles. The van der Waals surface area contributed by atoms with E-state index in [-0.39, 0.29) is 0 Å². The van der Waals surface area contributed by atoms with Crippen molar-refractivity contribution in [2.75, 3.05) is 20.6 Å². The van der Waals surface area contributed by atoms with Crippen molar-refractivity contribution in [3.05, 3.63) is 0 Å². The maximum absolute atomic E-state index is 3.86. The van der Waals surface area contributed by atoms with Gasteiger partial charge >= 0.3 is 0 Å². The highest BCUT2D eigenvalue weighted by atomic mass is 15.2. The highest BCUT2D eigenvalue weighted by molar-refractivity contribution is 4.98. The van der Waals surface area contributed by atoms with Crippen LogP contribution in [0.15, 0.2) is 0 Å². The molecule has 2 aliphatic rings. The largest absolute Gasteiger partial charge is 0.312 e. The van der Waals surface area contributed by atoms with Crippen LogP contribution in [0.3, 0.4) is 0 Å². The lowest BCUT2D eigenvalue weighted by Gasteiger charge is -2.48. The van der Waals surface area contributed by atoms with Gasteiger partial charge in [-0.25, -0.2) is 0 Å². The predicted molar refractivity (Wildman–Crippen MR) is 74.3 cm³/mol. The molecule has 2 aliphatic carbocycles. The van der Waals surface area contributed by atoms with Gasteiger partial charge in [0.1, 0.15) is 0 Å². The van der Waals surface area contributed by atoms with Crippen molar-refractivity contribution in [1.29, 1.82) is 0 Å². The highest BCUT2D eigenvalue weighted by Gasteiger charge is 2.39. The molecule has 0 aliphatic heterocycles. The second-order valence-corrected chi connectivity index (χ2v) is 6.66. The Kier molecular flexibility index (Phi) is 4.48. The molecule has 0 amide bonds. The summed E-state index contributed by atoms with van der Waals surface area (Å²) >= 11 is 0. The fraction of sp³-hybridized carbons (Fsp3) is 1.00. The average Bonchev–Trinajstić information content (AvgIpc) is 2.41. The molecule has 2 atom stereocenters. The van der Waals surface area contributed by atoms with E-state index in [1.165, 1.54) is 57.9 Å². The molecule has 0 radical (unpaired) electrons. The van der Waals surface area contributed by atoms with Crippen LogP contribution < -0.4 is 5.32 Å². The van der Waals surface area contributed by atoms with Crippen molar-refractivity contribution in [1.82, 2.24) is 10.2 Å². The van der Waals surface area contributed by atoms with Crippen LogP contribution in [0.5, 0.6) is 0 Å². The molecule has 1 N–H and O–H groups in total. The minimum atomic E-state index is 0.484. The lowest BCUT2D eigenvalue weighted by atomic mass is 9.75. The normalized spacial score (nSPS) is 33.2. The van der Waals surface area contributed by atoms with Crippen LogP contribution in [0.25, 0.3) is 0 Å². The molecule has 2 nitrogen and oxygen atoms in total. The van der Waals surface area contributed by atoms with E-state index in [1.54, 1.807) is 0 Å². The summed E-state index contributed by atoms with van der Waals surface area (Å²) in [6.45, 7) is 3.62. The van der Waals surface area contributed by atoms with Gasteiger partial charge in [0.2, 0.25) is 0 Å². The summed E-state index contributed by atoms with van der Waals surface area (Å²) in [5.41, 5.74) is 0.484. The Morgan fingerprint density at radius 3 is 2.41 bits per heavy atom. The predicted octanol–water partition coefficient (Wildman–Crippen LogP) is 3.03. The van der Waals surface area contributed by atoms with Gasteiger partial charge in [0.15, 0.2) is 0 Å². The van der Waals surface area contributed by atoms with E-state index in [1.807, 2.05) is 0 Å². The third-order valence-corrected chi connectivity index (χ3v) is 5.21. The molecule has 100 valence electrons. The van der Waals surface area contributed by atoms with Gasteiger partial charge in [0, 0.05) is 18.1 Å². The quantitative estimate of drug-likeness (QED) is 0.757. The van der Waals surface area contributed by atoms with Gasteiger partial charge in [0.25, 0.3) is 0 Å². The first-order valence-corrected chi connectivity index (χ1v) is 7.53. The lowest BCUT2D eigenvalue weighted by Crippen LogP contribution is -2.57. The monoisotopic (exact) mass is 238 g/mol. The maximum Gasteiger partial charge on any atom is 0.0328 e. The minimum Gasteiger partial charge on any atom is -0.312 e. The van der Waals surface area contributed by atoms with E-state index in [0.717, 1.165) is 12.0 Å². The van der Waals surface area contributed by atoms with Gasteiger partial charge in [-0.1, -0.05) is 19.8 Å². The first kappa shape index (κ1) is 13.4. The minimum absolute atomic E-state index is 0.484. The van der Waals surface area contributed by atoms with Gasteiger partial charge in [-0.2, -0.15) is 0 Å². The Morgan fingerprint density at radius 1 is 1.06 bits per heavy atom. The molecule has 2 fully saturated rings. The Labute approximate surface area is 107 Å². The molecule has 0 heterocycles. The van der Waals surface area contributed by atoms with Crippen molar-refractivity contribution >= 4 is 0 Å². The Bertz CT molecular complexity index is 233. The van der Waals surface area contributed by atoms with E-state index >= 15 is 0 Å². The van der Waals surface area contributed by atoms with Crippen LogP contribution in [-0.2, 0) is 0 Å². The molecular weight excluding hydrogens is 208 g/mol. The summed E-state index contributed by atoms with van der Waals surface area (Å²) in [6, 6.07) is 0.789. The van der Waals surface area contributed by atoms with Crippen LogP contribution in [0.2, 0.25) is 0 Å². The van der Waals surface area contributed by atoms with Crippen LogP contribution in [0.4, 0.5) is 0 Å². The van der Waals surface area contributed by atoms with Gasteiger partial charge < -0.3 is 10.2 Å². The summed E-state index contributed by atoms with van der Waals surface area (Å²) in [5.74, 6) is 0.952. The molecule has 17 heavy (non-hydrogen) atoms. The molecule has 0 spiro atoms. The van der Waals surface area contributed by atoms with E-state index in [2.05, 4.69) is 31.2 Å². The molecule has 0 aromatic carbocycles. The topological polar surface area (TPSA) is 15.3 Å². The number of hydrogen-bond acceptors (Lipinski definition) is 2. The second kappa shape index (κ2) is 5.71. The van der Waals surface area contributed by atoms with E-state index < -0.39 is 0 Å². The molecule has 2 heteroatoms. The fourth-order valence-electron chi connectivity index (χ4n) is 3.39. The van der Waals surface area contributed by atoms with Crippen LogP contribution >= 0.6 is 0 Å².